The van der Waals surface area contributed by atoms with Crippen molar-refractivity contribution < 1.29 is 8.42 Å². The third kappa shape index (κ3) is 3.36. The van der Waals surface area contributed by atoms with Gasteiger partial charge in [-0.1, -0.05) is 19.1 Å². The molecule has 0 saturated heterocycles. The van der Waals surface area contributed by atoms with Gasteiger partial charge in [-0.05, 0) is 12.1 Å². The van der Waals surface area contributed by atoms with Crippen molar-refractivity contribution in [1.82, 2.24) is 9.71 Å². The van der Waals surface area contributed by atoms with Crippen molar-refractivity contribution in [2.45, 2.75) is 17.7 Å². The summed E-state index contributed by atoms with van der Waals surface area (Å²) in [6.07, 6.45) is 1.72. The van der Waals surface area contributed by atoms with Gasteiger partial charge in [0, 0.05) is 31.1 Å². The molecule has 2 rings (SSSR count). The van der Waals surface area contributed by atoms with Crippen molar-refractivity contribution in [1.29, 1.82) is 0 Å². The molecule has 5 nitrogen and oxygen atoms in total. The molecule has 7 heteroatoms. The number of benzene rings is 1. The van der Waals surface area contributed by atoms with E-state index in [1.807, 2.05) is 12.3 Å². The summed E-state index contributed by atoms with van der Waals surface area (Å²) >= 11 is 1.53. The topological polar surface area (TPSA) is 71.1 Å². The molecule has 0 fully saturated rings. The van der Waals surface area contributed by atoms with Crippen molar-refractivity contribution in [3.63, 3.8) is 0 Å². The van der Waals surface area contributed by atoms with Gasteiger partial charge in [-0.3, -0.25) is 0 Å². The van der Waals surface area contributed by atoms with Gasteiger partial charge in [0.15, 0.2) is 0 Å². The summed E-state index contributed by atoms with van der Waals surface area (Å²) in [5.41, 5.74) is 0.585. The van der Waals surface area contributed by atoms with E-state index in [2.05, 4.69) is 15.0 Å². The van der Waals surface area contributed by atoms with Crippen LogP contribution in [0.1, 0.15) is 17.8 Å². The van der Waals surface area contributed by atoms with Gasteiger partial charge >= 0.3 is 0 Å². The summed E-state index contributed by atoms with van der Waals surface area (Å²) in [4.78, 5) is 4.45. The average molecular weight is 311 g/mol. The molecule has 20 heavy (non-hydrogen) atoms. The van der Waals surface area contributed by atoms with E-state index in [9.17, 15) is 8.42 Å². The van der Waals surface area contributed by atoms with E-state index >= 15 is 0 Å². The molecule has 1 unspecified atom stereocenters. The number of nitrogens with zero attached hydrogens (tertiary/aromatic N) is 1. The van der Waals surface area contributed by atoms with Gasteiger partial charge in [0.1, 0.15) is 4.90 Å². The second kappa shape index (κ2) is 6.34. The van der Waals surface area contributed by atoms with Gasteiger partial charge in [0.25, 0.3) is 0 Å². The molecule has 1 aromatic carbocycles. The molecule has 1 heterocycles. The van der Waals surface area contributed by atoms with Crippen molar-refractivity contribution in [3.8, 4) is 0 Å². The summed E-state index contributed by atoms with van der Waals surface area (Å²) < 4.78 is 27.3. The molecule has 1 aromatic heterocycles. The monoisotopic (exact) mass is 311 g/mol. The van der Waals surface area contributed by atoms with Gasteiger partial charge in [-0.15, -0.1) is 11.3 Å². The van der Waals surface area contributed by atoms with Crippen LogP contribution in [0.2, 0.25) is 0 Å². The number of hydrogen-bond acceptors (Lipinski definition) is 5. The zero-order valence-electron chi connectivity index (χ0n) is 11.3. The van der Waals surface area contributed by atoms with Crippen molar-refractivity contribution in [2.75, 3.05) is 18.9 Å². The predicted octanol–water partition coefficient (Wildman–Crippen LogP) is 2.27. The third-order valence-electron chi connectivity index (χ3n) is 2.90. The lowest BCUT2D eigenvalue weighted by atomic mass is 10.2. The average Bonchev–Trinajstić information content (AvgIpc) is 2.99. The molecular formula is C13H17N3O2S2. The van der Waals surface area contributed by atoms with Crippen LogP contribution in [-0.4, -0.2) is 27.0 Å². The first-order valence-electron chi connectivity index (χ1n) is 6.20. The van der Waals surface area contributed by atoms with Gasteiger partial charge < -0.3 is 5.32 Å². The Bertz CT molecular complexity index is 654. The van der Waals surface area contributed by atoms with Crippen LogP contribution in [0.25, 0.3) is 0 Å². The van der Waals surface area contributed by atoms with Crippen LogP contribution in [0, 0.1) is 0 Å². The minimum atomic E-state index is -3.52. The second-order valence-corrected chi connectivity index (χ2v) is 7.03. The highest BCUT2D eigenvalue weighted by atomic mass is 32.2. The maximum absolute atomic E-state index is 12.3. The van der Waals surface area contributed by atoms with Crippen molar-refractivity contribution >= 4 is 27.0 Å². The van der Waals surface area contributed by atoms with Gasteiger partial charge in [0.2, 0.25) is 10.0 Å². The lowest BCUT2D eigenvalue weighted by Gasteiger charge is -2.13. The lowest BCUT2D eigenvalue weighted by molar-refractivity contribution is 0.575. The van der Waals surface area contributed by atoms with Crippen LogP contribution in [0.5, 0.6) is 0 Å². The van der Waals surface area contributed by atoms with E-state index in [1.54, 1.807) is 37.5 Å². The zero-order chi connectivity index (χ0) is 14.6. The molecule has 0 aliphatic rings. The van der Waals surface area contributed by atoms with Gasteiger partial charge in [-0.2, -0.15) is 0 Å². The fourth-order valence-corrected chi connectivity index (χ4v) is 3.83. The summed E-state index contributed by atoms with van der Waals surface area (Å²) in [7, 11) is -1.82. The van der Waals surface area contributed by atoms with Crippen LogP contribution in [0.3, 0.4) is 0 Å². The number of sulfonamides is 1. The van der Waals surface area contributed by atoms with E-state index in [1.165, 1.54) is 11.3 Å². The van der Waals surface area contributed by atoms with E-state index < -0.39 is 10.0 Å². The fraction of sp³-hybridized carbons (Fsp3) is 0.308. The van der Waals surface area contributed by atoms with Crippen LogP contribution >= 0.6 is 11.3 Å². The second-order valence-electron chi connectivity index (χ2n) is 4.37. The molecule has 1 atom stereocenters. The highest BCUT2D eigenvalue weighted by molar-refractivity contribution is 7.89. The van der Waals surface area contributed by atoms with E-state index in [0.717, 1.165) is 5.01 Å². The minimum Gasteiger partial charge on any atom is -0.387 e. The number of thiazole rings is 1. The normalized spacial score (nSPS) is 13.1. The van der Waals surface area contributed by atoms with E-state index in [-0.39, 0.29) is 10.8 Å². The summed E-state index contributed by atoms with van der Waals surface area (Å²) in [6.45, 7) is 2.28. The maximum Gasteiger partial charge on any atom is 0.242 e. The summed E-state index contributed by atoms with van der Waals surface area (Å²) in [5.74, 6) is 0.0477. The Hall–Kier alpha value is -1.44. The number of rotatable bonds is 6. The number of nitrogens with one attached hydrogen (secondary N) is 2. The molecule has 0 radical (unpaired) electrons. The van der Waals surface area contributed by atoms with Crippen LogP contribution in [0.15, 0.2) is 40.7 Å². The summed E-state index contributed by atoms with van der Waals surface area (Å²) in [6, 6.07) is 6.82. The Morgan fingerprint density at radius 3 is 2.75 bits per heavy atom. The van der Waals surface area contributed by atoms with Crippen molar-refractivity contribution in [3.05, 3.63) is 40.8 Å². The number of hydrogen-bond donors (Lipinski definition) is 2. The molecule has 108 valence electrons. The Morgan fingerprint density at radius 1 is 1.35 bits per heavy atom. The molecule has 2 N–H and O–H groups in total. The Morgan fingerprint density at radius 2 is 2.10 bits per heavy atom. The first kappa shape index (κ1) is 15.0. The maximum atomic E-state index is 12.3. The smallest absolute Gasteiger partial charge is 0.242 e. The van der Waals surface area contributed by atoms with Gasteiger partial charge in [-0.25, -0.2) is 18.1 Å². The molecule has 0 aliphatic carbocycles. The molecule has 0 amide bonds. The third-order valence-corrected chi connectivity index (χ3v) is 5.39. The standard InChI is InChI=1S/C13H17N3O2S2/c1-10(13-15-7-8-19-13)9-16-20(17,18)12-6-4-3-5-11(12)14-2/h3-8,10,14,16H,9H2,1-2H3. The Kier molecular flexibility index (Phi) is 4.74. The predicted molar refractivity (Wildman–Crippen MR) is 81.7 cm³/mol. The first-order valence-corrected chi connectivity index (χ1v) is 8.56. The Labute approximate surface area is 123 Å². The highest BCUT2D eigenvalue weighted by Crippen LogP contribution is 2.21. The molecule has 0 bridgehead atoms. The van der Waals surface area contributed by atoms with E-state index in [4.69, 9.17) is 0 Å². The van der Waals surface area contributed by atoms with E-state index in [0.29, 0.717) is 12.2 Å². The van der Waals surface area contributed by atoms with Crippen molar-refractivity contribution in [2.24, 2.45) is 0 Å². The van der Waals surface area contributed by atoms with Crippen LogP contribution in [-0.2, 0) is 10.0 Å². The largest absolute Gasteiger partial charge is 0.387 e. The highest BCUT2D eigenvalue weighted by Gasteiger charge is 2.19. The molecule has 0 spiro atoms. The van der Waals surface area contributed by atoms with Gasteiger partial charge in [0.05, 0.1) is 10.7 Å². The molecular weight excluding hydrogens is 294 g/mol. The number of aromatic nitrogens is 1. The quantitative estimate of drug-likeness (QED) is 0.858. The molecule has 2 aromatic rings. The SMILES string of the molecule is CNc1ccccc1S(=O)(=O)NCC(C)c1nccs1. The first-order chi connectivity index (χ1) is 9.54. The molecule has 0 aliphatic heterocycles. The minimum absolute atomic E-state index is 0.0477. The van der Waals surface area contributed by atoms with Crippen LogP contribution in [0.4, 0.5) is 5.69 Å². The molecule has 0 saturated carbocycles. The zero-order valence-corrected chi connectivity index (χ0v) is 13.0. The summed E-state index contributed by atoms with van der Waals surface area (Å²) in [5, 5.41) is 5.70. The van der Waals surface area contributed by atoms with Crippen LogP contribution < -0.4 is 10.0 Å². The Balaban J connectivity index is 2.12. The number of para-hydroxylation sites is 1. The number of anilines is 1. The lowest BCUT2D eigenvalue weighted by Crippen LogP contribution is -2.28. The fourth-order valence-electron chi connectivity index (χ4n) is 1.79.